The van der Waals surface area contributed by atoms with Crippen molar-refractivity contribution in [1.29, 1.82) is 0 Å². The minimum absolute atomic E-state index is 0.0385. The quantitative estimate of drug-likeness (QED) is 0.838. The number of carbonyl (C=O) groups excluding carboxylic acids is 2. The van der Waals surface area contributed by atoms with Crippen LogP contribution in [0.25, 0.3) is 0 Å². The highest BCUT2D eigenvalue weighted by atomic mass is 16.2. The minimum atomic E-state index is 0.0385. The van der Waals surface area contributed by atoms with Gasteiger partial charge in [-0.3, -0.25) is 9.59 Å². The van der Waals surface area contributed by atoms with Crippen molar-refractivity contribution in [1.82, 2.24) is 5.32 Å². The predicted molar refractivity (Wildman–Crippen MR) is 106 cm³/mol. The van der Waals surface area contributed by atoms with E-state index >= 15 is 0 Å². The number of nitrogens with one attached hydrogen (secondary N) is 2. The third-order valence-electron chi connectivity index (χ3n) is 7.84. The fourth-order valence-corrected chi connectivity index (χ4v) is 6.86. The number of carbonyl (C=O) groups is 2. The molecule has 2 N–H and O–H groups in total. The average molecular weight is 367 g/mol. The molecule has 6 rings (SSSR count). The van der Waals surface area contributed by atoms with E-state index in [1.54, 1.807) is 0 Å². The van der Waals surface area contributed by atoms with Gasteiger partial charge >= 0.3 is 0 Å². The van der Waals surface area contributed by atoms with Crippen molar-refractivity contribution in [3.05, 3.63) is 29.3 Å². The van der Waals surface area contributed by atoms with Gasteiger partial charge in [-0.25, -0.2) is 0 Å². The lowest BCUT2D eigenvalue weighted by Crippen LogP contribution is -2.55. The van der Waals surface area contributed by atoms with Gasteiger partial charge in [-0.1, -0.05) is 0 Å². The summed E-state index contributed by atoms with van der Waals surface area (Å²) < 4.78 is 0. The van der Waals surface area contributed by atoms with Crippen molar-refractivity contribution in [3.63, 3.8) is 0 Å². The van der Waals surface area contributed by atoms with Crippen molar-refractivity contribution in [2.24, 2.45) is 23.2 Å². The maximum Gasteiger partial charge on any atom is 0.251 e. The van der Waals surface area contributed by atoms with Gasteiger partial charge in [-0.2, -0.15) is 0 Å². The molecule has 1 unspecified atom stereocenters. The van der Waals surface area contributed by atoms with Gasteiger partial charge in [0, 0.05) is 23.7 Å². The Balaban J connectivity index is 1.32. The molecular weight excluding hydrogens is 336 g/mol. The second-order valence-electron chi connectivity index (χ2n) is 9.75. The molecule has 1 heterocycles. The van der Waals surface area contributed by atoms with E-state index in [0.29, 0.717) is 11.8 Å². The highest BCUT2D eigenvalue weighted by Gasteiger charge is 2.53. The van der Waals surface area contributed by atoms with Gasteiger partial charge in [0.1, 0.15) is 0 Å². The lowest BCUT2D eigenvalue weighted by Gasteiger charge is -2.59. The normalized spacial score (nSPS) is 35.1. The van der Waals surface area contributed by atoms with E-state index in [4.69, 9.17) is 0 Å². The second kappa shape index (κ2) is 6.35. The first kappa shape index (κ1) is 17.3. The Morgan fingerprint density at radius 3 is 2.44 bits per heavy atom. The molecule has 0 aromatic heterocycles. The summed E-state index contributed by atoms with van der Waals surface area (Å²) in [4.78, 5) is 24.7. The summed E-state index contributed by atoms with van der Waals surface area (Å²) in [6.07, 6.45) is 10.4. The maximum absolute atomic E-state index is 13.0. The first-order valence-corrected chi connectivity index (χ1v) is 10.7. The number of benzene rings is 1. The zero-order chi connectivity index (χ0) is 18.6. The highest BCUT2D eigenvalue weighted by molar-refractivity contribution is 5.97. The summed E-state index contributed by atoms with van der Waals surface area (Å²) in [5.41, 5.74) is 2.99. The molecule has 1 aromatic rings. The van der Waals surface area contributed by atoms with Crippen molar-refractivity contribution in [2.45, 2.75) is 70.8 Å². The molecular formula is C23H30N2O2. The Hall–Kier alpha value is -1.84. The number of hydrogen-bond acceptors (Lipinski definition) is 2. The van der Waals surface area contributed by atoms with Crippen molar-refractivity contribution in [2.75, 3.05) is 5.32 Å². The number of hydrogen-bond donors (Lipinski definition) is 2. The number of amides is 2. The highest BCUT2D eigenvalue weighted by Crippen LogP contribution is 2.61. The molecule has 27 heavy (non-hydrogen) atoms. The minimum Gasteiger partial charge on any atom is -0.349 e. The van der Waals surface area contributed by atoms with E-state index in [1.165, 1.54) is 38.5 Å². The fraction of sp³-hybridized carbons (Fsp3) is 0.652. The maximum atomic E-state index is 13.0. The van der Waals surface area contributed by atoms with Gasteiger partial charge in [0.2, 0.25) is 5.91 Å². The molecule has 4 saturated carbocycles. The Kier molecular flexibility index (Phi) is 4.06. The molecule has 4 fully saturated rings. The molecule has 4 bridgehead atoms. The van der Waals surface area contributed by atoms with Crippen molar-refractivity contribution in [3.8, 4) is 0 Å². The molecule has 0 saturated heterocycles. The van der Waals surface area contributed by atoms with Crippen LogP contribution in [0.2, 0.25) is 0 Å². The van der Waals surface area contributed by atoms with Gasteiger partial charge in [-0.05, 0) is 105 Å². The van der Waals surface area contributed by atoms with Crippen LogP contribution in [0.15, 0.2) is 18.2 Å². The Labute approximate surface area is 161 Å². The first-order valence-electron chi connectivity index (χ1n) is 10.7. The van der Waals surface area contributed by atoms with Gasteiger partial charge in [0.05, 0.1) is 0 Å². The molecule has 1 aliphatic heterocycles. The topological polar surface area (TPSA) is 58.2 Å². The van der Waals surface area contributed by atoms with Crippen LogP contribution in [0.5, 0.6) is 0 Å². The number of anilines is 1. The number of fused-ring (bicyclic) bond motifs is 1. The van der Waals surface area contributed by atoms with Crippen LogP contribution in [0.1, 0.15) is 74.2 Å². The summed E-state index contributed by atoms with van der Waals surface area (Å²) in [5.74, 6) is 2.79. The summed E-state index contributed by atoms with van der Waals surface area (Å²) in [6.45, 7) is 2.23. The SMILES string of the molecule is CC(NC(=O)c1ccc2c(c1)CCCC(=O)N2)C12CC3CC(CC(C3)C1)C2. The van der Waals surface area contributed by atoms with Crippen LogP contribution < -0.4 is 10.6 Å². The molecule has 1 atom stereocenters. The van der Waals surface area contributed by atoms with Gasteiger partial charge in [0.15, 0.2) is 0 Å². The molecule has 2 amide bonds. The second-order valence-corrected chi connectivity index (χ2v) is 9.75. The summed E-state index contributed by atoms with van der Waals surface area (Å²) in [6, 6.07) is 5.95. The molecule has 4 nitrogen and oxygen atoms in total. The Morgan fingerprint density at radius 1 is 1.11 bits per heavy atom. The van der Waals surface area contributed by atoms with Gasteiger partial charge < -0.3 is 10.6 Å². The molecule has 144 valence electrons. The number of aryl methyl sites for hydroxylation is 1. The Morgan fingerprint density at radius 2 is 1.78 bits per heavy atom. The predicted octanol–water partition coefficient (Wildman–Crippen LogP) is 4.30. The van der Waals surface area contributed by atoms with Gasteiger partial charge in [-0.15, -0.1) is 0 Å². The average Bonchev–Trinajstić information content (AvgIpc) is 2.80. The van der Waals surface area contributed by atoms with E-state index < -0.39 is 0 Å². The molecule has 4 heteroatoms. The summed E-state index contributed by atoms with van der Waals surface area (Å²) in [5, 5.41) is 6.31. The van der Waals surface area contributed by atoms with E-state index in [0.717, 1.165) is 47.4 Å². The fourth-order valence-electron chi connectivity index (χ4n) is 6.86. The molecule has 0 spiro atoms. The zero-order valence-electron chi connectivity index (χ0n) is 16.2. The zero-order valence-corrected chi connectivity index (χ0v) is 16.2. The van der Waals surface area contributed by atoms with Crippen molar-refractivity contribution < 1.29 is 9.59 Å². The molecule has 1 aromatic carbocycles. The summed E-state index contributed by atoms with van der Waals surface area (Å²) in [7, 11) is 0. The smallest absolute Gasteiger partial charge is 0.251 e. The molecule has 5 aliphatic rings. The summed E-state index contributed by atoms with van der Waals surface area (Å²) >= 11 is 0. The van der Waals surface area contributed by atoms with E-state index in [-0.39, 0.29) is 17.9 Å². The molecule has 0 radical (unpaired) electrons. The van der Waals surface area contributed by atoms with E-state index in [9.17, 15) is 9.59 Å². The molecule has 4 aliphatic carbocycles. The number of rotatable bonds is 3. The van der Waals surface area contributed by atoms with Crippen LogP contribution >= 0.6 is 0 Å². The van der Waals surface area contributed by atoms with Crippen LogP contribution in [0.3, 0.4) is 0 Å². The Bertz CT molecular complexity index is 749. The largest absolute Gasteiger partial charge is 0.349 e. The van der Waals surface area contributed by atoms with Crippen LogP contribution in [-0.2, 0) is 11.2 Å². The van der Waals surface area contributed by atoms with Crippen LogP contribution in [0.4, 0.5) is 5.69 Å². The lowest BCUT2D eigenvalue weighted by atomic mass is 9.48. The lowest BCUT2D eigenvalue weighted by molar-refractivity contribution is -0.116. The first-order chi connectivity index (χ1) is 13.0. The third-order valence-corrected chi connectivity index (χ3v) is 7.84. The van der Waals surface area contributed by atoms with E-state index in [1.807, 2.05) is 18.2 Å². The third kappa shape index (κ3) is 3.07. The van der Waals surface area contributed by atoms with Gasteiger partial charge in [0.25, 0.3) is 5.91 Å². The van der Waals surface area contributed by atoms with Crippen LogP contribution in [0, 0.1) is 23.2 Å². The monoisotopic (exact) mass is 366 g/mol. The van der Waals surface area contributed by atoms with Crippen LogP contribution in [-0.4, -0.2) is 17.9 Å². The standard InChI is InChI=1S/C23H30N2O2/c1-14(23-11-15-7-16(12-23)9-17(8-15)13-23)24-22(27)19-5-6-20-18(10-19)3-2-4-21(26)25-20/h5-6,10,14-17H,2-4,7-9,11-13H2,1H3,(H,24,27)(H,25,26). The van der Waals surface area contributed by atoms with Crippen molar-refractivity contribution >= 4 is 17.5 Å². The van der Waals surface area contributed by atoms with E-state index in [2.05, 4.69) is 17.6 Å².